The van der Waals surface area contributed by atoms with Gasteiger partial charge in [0.2, 0.25) is 0 Å². The summed E-state index contributed by atoms with van der Waals surface area (Å²) in [6, 6.07) is 12.2. The average molecular weight is 253 g/mol. The van der Waals surface area contributed by atoms with Crippen LogP contribution in [0.1, 0.15) is 18.5 Å². The molecule has 2 aliphatic heterocycles. The summed E-state index contributed by atoms with van der Waals surface area (Å²) < 4.78 is 0. The Balaban J connectivity index is 1.78. The molecule has 3 heteroatoms. The normalized spacial score (nSPS) is 26.1. The predicted octanol–water partition coefficient (Wildman–Crippen LogP) is 2.48. The molecule has 4 rings (SSSR count). The smallest absolute Gasteiger partial charge is 0.0726 e. The van der Waals surface area contributed by atoms with E-state index in [0.29, 0.717) is 12.1 Å². The van der Waals surface area contributed by atoms with Gasteiger partial charge >= 0.3 is 0 Å². The largest absolute Gasteiger partial charge is 0.368 e. The van der Waals surface area contributed by atoms with Crippen LogP contribution in [0, 0.1) is 6.92 Å². The number of pyridine rings is 1. The molecule has 0 saturated carbocycles. The Kier molecular flexibility index (Phi) is 2.49. The summed E-state index contributed by atoms with van der Waals surface area (Å²) >= 11 is 0. The molecule has 2 unspecified atom stereocenters. The van der Waals surface area contributed by atoms with Gasteiger partial charge in [-0.05, 0) is 44.0 Å². The number of aromatic nitrogens is 1. The Morgan fingerprint density at radius 2 is 1.89 bits per heavy atom. The lowest BCUT2D eigenvalue weighted by Gasteiger charge is -2.35. The van der Waals surface area contributed by atoms with Crippen molar-refractivity contribution >= 4 is 16.6 Å². The second-order valence-electron chi connectivity index (χ2n) is 5.84. The van der Waals surface area contributed by atoms with E-state index < -0.39 is 0 Å². The molecule has 3 nitrogen and oxygen atoms in total. The molecule has 3 heterocycles. The Labute approximate surface area is 113 Å². The van der Waals surface area contributed by atoms with Gasteiger partial charge in [-0.2, -0.15) is 0 Å². The quantitative estimate of drug-likeness (QED) is 0.846. The molecular formula is C16H19N3. The number of benzene rings is 1. The van der Waals surface area contributed by atoms with Crippen LogP contribution < -0.4 is 10.2 Å². The zero-order valence-electron chi connectivity index (χ0n) is 11.3. The fraction of sp³-hybridized carbons (Fsp3) is 0.438. The van der Waals surface area contributed by atoms with Crippen LogP contribution in [0.3, 0.4) is 0 Å². The maximum atomic E-state index is 4.64. The minimum Gasteiger partial charge on any atom is -0.368 e. The van der Waals surface area contributed by atoms with Crippen molar-refractivity contribution < 1.29 is 0 Å². The van der Waals surface area contributed by atoms with E-state index in [0.717, 1.165) is 24.3 Å². The molecule has 0 radical (unpaired) electrons. The summed E-state index contributed by atoms with van der Waals surface area (Å²) in [6.45, 7) is 4.31. The second kappa shape index (κ2) is 4.20. The van der Waals surface area contributed by atoms with Gasteiger partial charge in [0.1, 0.15) is 0 Å². The van der Waals surface area contributed by atoms with E-state index in [1.807, 2.05) is 0 Å². The molecule has 19 heavy (non-hydrogen) atoms. The Hall–Kier alpha value is -1.61. The first-order valence-corrected chi connectivity index (χ1v) is 7.17. The van der Waals surface area contributed by atoms with Crippen LogP contribution in [-0.4, -0.2) is 30.2 Å². The number of hydrogen-bond acceptors (Lipinski definition) is 3. The number of aryl methyl sites for hydroxylation is 1. The predicted molar refractivity (Wildman–Crippen MR) is 78.6 cm³/mol. The van der Waals surface area contributed by atoms with E-state index >= 15 is 0 Å². The third-order valence-corrected chi connectivity index (χ3v) is 4.41. The van der Waals surface area contributed by atoms with E-state index in [1.54, 1.807) is 0 Å². The monoisotopic (exact) mass is 253 g/mol. The third kappa shape index (κ3) is 1.89. The molecule has 2 fully saturated rings. The molecule has 0 amide bonds. The van der Waals surface area contributed by atoms with Crippen molar-refractivity contribution in [3.05, 3.63) is 36.0 Å². The van der Waals surface area contributed by atoms with E-state index in [-0.39, 0.29) is 0 Å². The number of nitrogens with one attached hydrogen (secondary N) is 1. The van der Waals surface area contributed by atoms with E-state index in [9.17, 15) is 0 Å². The van der Waals surface area contributed by atoms with Crippen LogP contribution in [0.5, 0.6) is 0 Å². The highest BCUT2D eigenvalue weighted by atomic mass is 15.2. The molecule has 1 aromatic heterocycles. The van der Waals surface area contributed by atoms with Crippen LogP contribution in [-0.2, 0) is 0 Å². The van der Waals surface area contributed by atoms with Gasteiger partial charge in [-0.15, -0.1) is 0 Å². The van der Waals surface area contributed by atoms with Gasteiger partial charge in [0.25, 0.3) is 0 Å². The van der Waals surface area contributed by atoms with Crippen LogP contribution in [0.4, 0.5) is 5.69 Å². The van der Waals surface area contributed by atoms with E-state index in [2.05, 4.69) is 52.5 Å². The average Bonchev–Trinajstić information content (AvgIpc) is 2.76. The lowest BCUT2D eigenvalue weighted by molar-refractivity contribution is 0.466. The Morgan fingerprint density at radius 3 is 2.68 bits per heavy atom. The highest BCUT2D eigenvalue weighted by molar-refractivity contribution is 5.92. The van der Waals surface area contributed by atoms with Crippen molar-refractivity contribution in [1.82, 2.24) is 10.3 Å². The van der Waals surface area contributed by atoms with Gasteiger partial charge in [0.05, 0.1) is 5.52 Å². The topological polar surface area (TPSA) is 28.2 Å². The first kappa shape index (κ1) is 11.2. The molecule has 2 aromatic rings. The van der Waals surface area contributed by atoms with E-state index in [1.165, 1.54) is 23.9 Å². The summed E-state index contributed by atoms with van der Waals surface area (Å²) in [7, 11) is 0. The number of hydrogen-bond donors (Lipinski definition) is 1. The highest BCUT2D eigenvalue weighted by Gasteiger charge is 2.32. The molecule has 2 atom stereocenters. The van der Waals surface area contributed by atoms with Crippen molar-refractivity contribution in [1.29, 1.82) is 0 Å². The zero-order valence-corrected chi connectivity index (χ0v) is 11.3. The van der Waals surface area contributed by atoms with Crippen LogP contribution in [0.25, 0.3) is 10.9 Å². The molecule has 2 saturated heterocycles. The lowest BCUT2D eigenvalue weighted by Crippen LogP contribution is -2.51. The fourth-order valence-corrected chi connectivity index (χ4v) is 3.51. The summed E-state index contributed by atoms with van der Waals surface area (Å²) in [5, 5.41) is 4.98. The first-order valence-electron chi connectivity index (χ1n) is 7.17. The van der Waals surface area contributed by atoms with Crippen molar-refractivity contribution in [3.8, 4) is 0 Å². The molecule has 98 valence electrons. The molecule has 1 aromatic carbocycles. The minimum absolute atomic E-state index is 0.674. The molecule has 2 bridgehead atoms. The van der Waals surface area contributed by atoms with Crippen molar-refractivity contribution in [2.75, 3.05) is 18.0 Å². The van der Waals surface area contributed by atoms with Gasteiger partial charge in [-0.3, -0.25) is 4.98 Å². The fourth-order valence-electron chi connectivity index (χ4n) is 3.51. The Bertz CT molecular complexity index is 610. The molecule has 1 N–H and O–H groups in total. The summed E-state index contributed by atoms with van der Waals surface area (Å²) in [5.74, 6) is 0. The van der Waals surface area contributed by atoms with E-state index in [4.69, 9.17) is 0 Å². The standard InChI is InChI=1S/C16H19N3/c1-11-5-8-14-15(17-11)3-2-4-16(14)19-9-12-6-7-13(10-19)18-12/h2-5,8,12-13,18H,6-7,9-10H2,1H3. The zero-order chi connectivity index (χ0) is 12.8. The maximum Gasteiger partial charge on any atom is 0.0726 e. The Morgan fingerprint density at radius 1 is 1.11 bits per heavy atom. The van der Waals surface area contributed by atoms with Crippen LogP contribution >= 0.6 is 0 Å². The summed E-state index contributed by atoms with van der Waals surface area (Å²) in [4.78, 5) is 7.18. The molecule has 0 spiro atoms. The van der Waals surface area contributed by atoms with Gasteiger partial charge in [-0.25, -0.2) is 0 Å². The number of anilines is 1. The first-order chi connectivity index (χ1) is 9.29. The molecular weight excluding hydrogens is 234 g/mol. The summed E-state index contributed by atoms with van der Waals surface area (Å²) in [5.41, 5.74) is 3.55. The van der Waals surface area contributed by atoms with Crippen molar-refractivity contribution in [2.45, 2.75) is 31.8 Å². The van der Waals surface area contributed by atoms with Gasteiger partial charge in [0, 0.05) is 41.9 Å². The maximum absolute atomic E-state index is 4.64. The van der Waals surface area contributed by atoms with Crippen LogP contribution in [0.2, 0.25) is 0 Å². The molecule has 2 aliphatic rings. The van der Waals surface area contributed by atoms with Gasteiger partial charge in [0.15, 0.2) is 0 Å². The van der Waals surface area contributed by atoms with Crippen molar-refractivity contribution in [3.63, 3.8) is 0 Å². The third-order valence-electron chi connectivity index (χ3n) is 4.41. The number of fused-ring (bicyclic) bond motifs is 3. The number of piperazine rings is 1. The molecule has 0 aliphatic carbocycles. The van der Waals surface area contributed by atoms with Gasteiger partial charge < -0.3 is 10.2 Å². The number of rotatable bonds is 1. The van der Waals surface area contributed by atoms with Crippen molar-refractivity contribution in [2.24, 2.45) is 0 Å². The van der Waals surface area contributed by atoms with Gasteiger partial charge in [-0.1, -0.05) is 6.07 Å². The summed E-state index contributed by atoms with van der Waals surface area (Å²) in [6.07, 6.45) is 2.65. The number of nitrogens with zero attached hydrogens (tertiary/aromatic N) is 2. The van der Waals surface area contributed by atoms with Crippen LogP contribution in [0.15, 0.2) is 30.3 Å². The highest BCUT2D eigenvalue weighted by Crippen LogP contribution is 2.30. The minimum atomic E-state index is 0.674. The second-order valence-corrected chi connectivity index (χ2v) is 5.84. The lowest BCUT2D eigenvalue weighted by atomic mass is 10.1. The SMILES string of the molecule is Cc1ccc2c(N3CC4CCC(C3)N4)cccc2n1.